The van der Waals surface area contributed by atoms with Crippen LogP contribution in [0.15, 0.2) is 60.7 Å². The number of benzene rings is 3. The number of rotatable bonds is 2. The predicted octanol–water partition coefficient (Wildman–Crippen LogP) is 4.03. The molecule has 2 N–H and O–H groups in total. The largest absolute Gasteiger partial charge is 0.318 e. The third kappa shape index (κ3) is 3.27. The smallest absolute Gasteiger partial charge is 0.314 e. The number of amides is 2. The molecule has 0 radical (unpaired) electrons. The van der Waals surface area contributed by atoms with Crippen molar-refractivity contribution in [3.8, 4) is 0 Å². The minimum Gasteiger partial charge on any atom is -0.318 e. The normalized spacial score (nSPS) is 10.4. The molecule has 0 bridgehead atoms. The lowest BCUT2D eigenvalue weighted by molar-refractivity contribution is -0.133. The number of carbonyl (C=O) groups excluding carboxylic acids is 2. The molecule has 0 saturated heterocycles. The molecule has 0 atom stereocenters. The summed E-state index contributed by atoms with van der Waals surface area (Å²) in [5.74, 6) is -1.37. The van der Waals surface area contributed by atoms with Gasteiger partial charge in [-0.1, -0.05) is 42.5 Å². The Morgan fingerprint density at radius 3 is 2.25 bits per heavy atom. The zero-order valence-corrected chi connectivity index (χ0v) is 13.6. The summed E-state index contributed by atoms with van der Waals surface area (Å²) in [7, 11) is 0. The number of aryl methyl sites for hydroxylation is 1. The fourth-order valence-electron chi connectivity index (χ4n) is 2.52. The number of anilines is 2. The van der Waals surface area contributed by atoms with Gasteiger partial charge in [0.2, 0.25) is 0 Å². The summed E-state index contributed by atoms with van der Waals surface area (Å²) in [5, 5.41) is 7.38. The van der Waals surface area contributed by atoms with Crippen LogP contribution in [-0.4, -0.2) is 11.8 Å². The third-order valence-corrected chi connectivity index (χ3v) is 4.07. The fourth-order valence-corrected chi connectivity index (χ4v) is 2.52. The van der Waals surface area contributed by atoms with Gasteiger partial charge in [-0.2, -0.15) is 0 Å². The highest BCUT2D eigenvalue weighted by Crippen LogP contribution is 2.20. The van der Waals surface area contributed by atoms with Gasteiger partial charge < -0.3 is 10.6 Å². The first kappa shape index (κ1) is 15.7. The van der Waals surface area contributed by atoms with Crippen LogP contribution in [0, 0.1) is 13.8 Å². The van der Waals surface area contributed by atoms with Gasteiger partial charge in [-0.3, -0.25) is 9.59 Å². The fraction of sp³-hybridized carbons (Fsp3) is 0.100. The molecule has 0 aliphatic carbocycles. The van der Waals surface area contributed by atoms with Gasteiger partial charge in [-0.05, 0) is 53.9 Å². The highest BCUT2D eigenvalue weighted by atomic mass is 16.2. The van der Waals surface area contributed by atoms with E-state index in [2.05, 4.69) is 10.6 Å². The zero-order chi connectivity index (χ0) is 17.1. The Morgan fingerprint density at radius 2 is 1.46 bits per heavy atom. The van der Waals surface area contributed by atoms with E-state index >= 15 is 0 Å². The van der Waals surface area contributed by atoms with Crippen molar-refractivity contribution in [2.24, 2.45) is 0 Å². The van der Waals surface area contributed by atoms with E-state index in [0.29, 0.717) is 11.4 Å². The van der Waals surface area contributed by atoms with Crippen LogP contribution >= 0.6 is 0 Å². The second-order valence-corrected chi connectivity index (χ2v) is 5.72. The van der Waals surface area contributed by atoms with Gasteiger partial charge in [0.25, 0.3) is 0 Å². The summed E-state index contributed by atoms with van der Waals surface area (Å²) >= 11 is 0. The number of carbonyl (C=O) groups is 2. The Labute approximate surface area is 140 Å². The van der Waals surface area contributed by atoms with Crippen molar-refractivity contribution >= 4 is 34.0 Å². The van der Waals surface area contributed by atoms with Crippen molar-refractivity contribution in [2.75, 3.05) is 10.6 Å². The summed E-state index contributed by atoms with van der Waals surface area (Å²) in [5.41, 5.74) is 3.25. The number of hydrogen-bond donors (Lipinski definition) is 2. The summed E-state index contributed by atoms with van der Waals surface area (Å²) in [6.07, 6.45) is 0. The molecular weight excluding hydrogens is 300 g/mol. The van der Waals surface area contributed by atoms with Crippen molar-refractivity contribution < 1.29 is 9.59 Å². The monoisotopic (exact) mass is 318 g/mol. The average molecular weight is 318 g/mol. The first-order valence-electron chi connectivity index (χ1n) is 7.72. The number of nitrogens with one attached hydrogen (secondary N) is 2. The molecule has 3 aromatic rings. The van der Waals surface area contributed by atoms with E-state index in [1.165, 1.54) is 0 Å². The van der Waals surface area contributed by atoms with E-state index in [9.17, 15) is 9.59 Å². The van der Waals surface area contributed by atoms with Crippen molar-refractivity contribution in [1.82, 2.24) is 0 Å². The molecule has 4 heteroatoms. The molecule has 0 aromatic heterocycles. The molecule has 0 spiro atoms. The predicted molar refractivity (Wildman–Crippen MR) is 97.1 cm³/mol. The highest BCUT2D eigenvalue weighted by Gasteiger charge is 2.15. The molecule has 0 aliphatic heterocycles. The summed E-state index contributed by atoms with van der Waals surface area (Å²) in [6, 6.07) is 19.0. The molecule has 0 aliphatic rings. The maximum atomic E-state index is 12.1. The standard InChI is InChI=1S/C20H18N2O2/c1-13-6-5-9-18(14(13)2)22-20(24)19(23)21-17-11-10-15-7-3-4-8-16(15)12-17/h3-12H,1-2H3,(H,21,23)(H,22,24). The highest BCUT2D eigenvalue weighted by molar-refractivity contribution is 6.43. The maximum absolute atomic E-state index is 12.1. The SMILES string of the molecule is Cc1cccc(NC(=O)C(=O)Nc2ccc3ccccc3c2)c1C. The van der Waals surface area contributed by atoms with Crippen LogP contribution in [0.25, 0.3) is 10.8 Å². The van der Waals surface area contributed by atoms with Crippen LogP contribution in [0.2, 0.25) is 0 Å². The lowest BCUT2D eigenvalue weighted by Gasteiger charge is -2.10. The van der Waals surface area contributed by atoms with Gasteiger partial charge >= 0.3 is 11.8 Å². The van der Waals surface area contributed by atoms with E-state index in [-0.39, 0.29) is 0 Å². The molecule has 24 heavy (non-hydrogen) atoms. The Morgan fingerprint density at radius 1 is 0.750 bits per heavy atom. The van der Waals surface area contributed by atoms with E-state index in [1.807, 2.05) is 62.4 Å². The van der Waals surface area contributed by atoms with Crippen LogP contribution in [0.1, 0.15) is 11.1 Å². The molecule has 4 nitrogen and oxygen atoms in total. The molecule has 0 fully saturated rings. The lowest BCUT2D eigenvalue weighted by Crippen LogP contribution is -2.29. The van der Waals surface area contributed by atoms with Crippen molar-refractivity contribution in [2.45, 2.75) is 13.8 Å². The first-order chi connectivity index (χ1) is 11.5. The maximum Gasteiger partial charge on any atom is 0.314 e. The summed E-state index contributed by atoms with van der Waals surface area (Å²) < 4.78 is 0. The molecule has 0 unspecified atom stereocenters. The lowest BCUT2D eigenvalue weighted by atomic mass is 10.1. The van der Waals surface area contributed by atoms with Crippen LogP contribution in [0.3, 0.4) is 0 Å². The second-order valence-electron chi connectivity index (χ2n) is 5.72. The van der Waals surface area contributed by atoms with Gasteiger partial charge in [0.05, 0.1) is 0 Å². The summed E-state index contributed by atoms with van der Waals surface area (Å²) in [4.78, 5) is 24.2. The van der Waals surface area contributed by atoms with Crippen LogP contribution in [0.4, 0.5) is 11.4 Å². The zero-order valence-electron chi connectivity index (χ0n) is 13.6. The molecular formula is C20H18N2O2. The second kappa shape index (κ2) is 6.54. The minimum atomic E-state index is -0.689. The Bertz CT molecular complexity index is 932. The van der Waals surface area contributed by atoms with Crippen LogP contribution in [0.5, 0.6) is 0 Å². The molecule has 2 amide bonds. The van der Waals surface area contributed by atoms with Gasteiger partial charge in [-0.25, -0.2) is 0 Å². The summed E-state index contributed by atoms with van der Waals surface area (Å²) in [6.45, 7) is 3.87. The van der Waals surface area contributed by atoms with Gasteiger partial charge in [-0.15, -0.1) is 0 Å². The van der Waals surface area contributed by atoms with E-state index in [4.69, 9.17) is 0 Å². The minimum absolute atomic E-state index is 0.592. The average Bonchev–Trinajstić information content (AvgIpc) is 2.58. The van der Waals surface area contributed by atoms with Crippen LogP contribution < -0.4 is 10.6 Å². The Hall–Kier alpha value is -3.14. The van der Waals surface area contributed by atoms with Crippen molar-refractivity contribution in [3.63, 3.8) is 0 Å². The topological polar surface area (TPSA) is 58.2 Å². The third-order valence-electron chi connectivity index (χ3n) is 4.07. The van der Waals surface area contributed by atoms with E-state index in [1.54, 1.807) is 12.1 Å². The number of fused-ring (bicyclic) bond motifs is 1. The first-order valence-corrected chi connectivity index (χ1v) is 7.72. The molecule has 120 valence electrons. The van der Waals surface area contributed by atoms with Crippen molar-refractivity contribution in [3.05, 3.63) is 71.8 Å². The van der Waals surface area contributed by atoms with E-state index < -0.39 is 11.8 Å². The quantitative estimate of drug-likeness (QED) is 0.701. The molecule has 3 aromatic carbocycles. The van der Waals surface area contributed by atoms with Crippen LogP contribution in [-0.2, 0) is 9.59 Å². The molecule has 0 heterocycles. The molecule has 0 saturated carbocycles. The van der Waals surface area contributed by atoms with Gasteiger partial charge in [0.1, 0.15) is 0 Å². The van der Waals surface area contributed by atoms with Gasteiger partial charge in [0.15, 0.2) is 0 Å². The van der Waals surface area contributed by atoms with E-state index in [0.717, 1.165) is 21.9 Å². The Kier molecular flexibility index (Phi) is 4.29. The molecule has 3 rings (SSSR count). The number of hydrogen-bond acceptors (Lipinski definition) is 2. The van der Waals surface area contributed by atoms with Gasteiger partial charge in [0, 0.05) is 11.4 Å². The van der Waals surface area contributed by atoms with Crippen molar-refractivity contribution in [1.29, 1.82) is 0 Å². The Balaban J connectivity index is 1.73.